The number of fused-ring (bicyclic) bond motifs is 1. The number of likely N-dealkylation sites (N-methyl/N-ethyl adjacent to an activating group) is 1. The van der Waals surface area contributed by atoms with Gasteiger partial charge in [-0.25, -0.2) is 13.2 Å². The molecule has 0 amide bonds. The van der Waals surface area contributed by atoms with Crippen molar-refractivity contribution in [2.24, 2.45) is 0 Å². The number of ketones is 1. The molecule has 0 aliphatic carbocycles. The highest BCUT2D eigenvalue weighted by molar-refractivity contribution is 7.89. The van der Waals surface area contributed by atoms with E-state index in [2.05, 4.69) is 4.74 Å². The highest BCUT2D eigenvalue weighted by Gasteiger charge is 2.49. The smallest absolute Gasteiger partial charge is 0.425 e. The molecule has 0 saturated heterocycles. The van der Waals surface area contributed by atoms with Gasteiger partial charge in [-0.2, -0.15) is 17.5 Å². The Hall–Kier alpha value is -1.46. The van der Waals surface area contributed by atoms with Gasteiger partial charge in [-0.3, -0.25) is 4.79 Å². The predicted molar refractivity (Wildman–Crippen MR) is 64.4 cm³/mol. The van der Waals surface area contributed by atoms with Crippen LogP contribution in [0.25, 0.3) is 0 Å². The first kappa shape index (κ1) is 15.9. The maximum atomic E-state index is 12.7. The van der Waals surface area contributed by atoms with Crippen LogP contribution in [0.5, 0.6) is 0 Å². The summed E-state index contributed by atoms with van der Waals surface area (Å²) < 4.78 is 67.0. The summed E-state index contributed by atoms with van der Waals surface area (Å²) in [6, 6.07) is -1.41. The molecule has 0 radical (unpaired) electrons. The lowest BCUT2D eigenvalue weighted by molar-refractivity contribution is -0.143. The van der Waals surface area contributed by atoms with Crippen molar-refractivity contribution < 1.29 is 35.9 Å². The summed E-state index contributed by atoms with van der Waals surface area (Å²) in [6.07, 6.45) is -4.78. The van der Waals surface area contributed by atoms with E-state index >= 15 is 0 Å². The fourth-order valence-electron chi connectivity index (χ4n) is 1.83. The molecule has 0 spiro atoms. The molecule has 2 heterocycles. The Kier molecular flexibility index (Phi) is 3.62. The average molecular weight is 343 g/mol. The van der Waals surface area contributed by atoms with Crippen LogP contribution in [-0.4, -0.2) is 44.7 Å². The van der Waals surface area contributed by atoms with Gasteiger partial charge < -0.3 is 4.74 Å². The van der Waals surface area contributed by atoms with Crippen LogP contribution in [0.15, 0.2) is 11.0 Å². The van der Waals surface area contributed by atoms with Crippen molar-refractivity contribution in [1.82, 2.24) is 4.31 Å². The number of carbonyl (C=O) groups is 2. The molecule has 1 atom stereocenters. The van der Waals surface area contributed by atoms with E-state index in [0.29, 0.717) is 10.4 Å². The monoisotopic (exact) mass is 343 g/mol. The van der Waals surface area contributed by atoms with Crippen LogP contribution < -0.4 is 0 Å². The van der Waals surface area contributed by atoms with E-state index in [0.717, 1.165) is 14.2 Å². The van der Waals surface area contributed by atoms with E-state index in [9.17, 15) is 31.2 Å². The molecule has 0 aromatic carbocycles. The van der Waals surface area contributed by atoms with Crippen molar-refractivity contribution in [2.75, 3.05) is 14.2 Å². The molecule has 11 heteroatoms. The van der Waals surface area contributed by atoms with Crippen molar-refractivity contribution in [1.29, 1.82) is 0 Å². The third kappa shape index (κ3) is 2.34. The third-order valence-electron chi connectivity index (χ3n) is 2.89. The van der Waals surface area contributed by atoms with Crippen LogP contribution in [0, 0.1) is 0 Å². The molecular weight excluding hydrogens is 335 g/mol. The van der Waals surface area contributed by atoms with Crippen LogP contribution >= 0.6 is 11.3 Å². The zero-order valence-electron chi connectivity index (χ0n) is 10.6. The maximum absolute atomic E-state index is 12.7. The molecule has 21 heavy (non-hydrogen) atoms. The Balaban J connectivity index is 2.69. The molecule has 0 fully saturated rings. The van der Waals surface area contributed by atoms with E-state index in [-0.39, 0.29) is 11.3 Å². The molecule has 1 aromatic rings. The van der Waals surface area contributed by atoms with Crippen LogP contribution in [0.1, 0.15) is 14.5 Å². The molecule has 0 saturated carbocycles. The van der Waals surface area contributed by atoms with Crippen LogP contribution in [0.3, 0.4) is 0 Å². The lowest BCUT2D eigenvalue weighted by Crippen LogP contribution is -2.51. The maximum Gasteiger partial charge on any atom is 0.425 e. The van der Waals surface area contributed by atoms with Gasteiger partial charge in [-0.15, -0.1) is 11.3 Å². The van der Waals surface area contributed by atoms with E-state index in [1.54, 1.807) is 0 Å². The number of rotatable bonds is 1. The molecule has 2 rings (SSSR count). The number of sulfonamides is 1. The summed E-state index contributed by atoms with van der Waals surface area (Å²) in [5, 5.41) is 0. The SMILES string of the molecule is COC(=O)C1C(=O)c2sc(C(F)(F)F)cc2S(=O)(=O)N1C. The third-order valence-corrected chi connectivity index (χ3v) is 6.07. The molecule has 1 aliphatic heterocycles. The lowest BCUT2D eigenvalue weighted by Gasteiger charge is -2.28. The Morgan fingerprint density at radius 2 is 2.00 bits per heavy atom. The highest BCUT2D eigenvalue weighted by Crippen LogP contribution is 2.42. The summed E-state index contributed by atoms with van der Waals surface area (Å²) in [6.45, 7) is 0. The van der Waals surface area contributed by atoms with Gasteiger partial charge in [0.05, 0.1) is 12.0 Å². The molecule has 1 aromatic heterocycles. The van der Waals surface area contributed by atoms with Crippen molar-refractivity contribution in [3.8, 4) is 0 Å². The zero-order valence-corrected chi connectivity index (χ0v) is 12.2. The summed E-state index contributed by atoms with van der Waals surface area (Å²) in [7, 11) is -2.50. The quantitative estimate of drug-likeness (QED) is 0.564. The van der Waals surface area contributed by atoms with Gasteiger partial charge in [-0.1, -0.05) is 0 Å². The molecule has 116 valence electrons. The Labute approximate surface area is 121 Å². The fraction of sp³-hybridized carbons (Fsp3) is 0.400. The Morgan fingerprint density at radius 1 is 1.43 bits per heavy atom. The van der Waals surface area contributed by atoms with Crippen molar-refractivity contribution in [2.45, 2.75) is 17.1 Å². The van der Waals surface area contributed by atoms with Crippen molar-refractivity contribution in [3.05, 3.63) is 15.8 Å². The van der Waals surface area contributed by atoms with Gasteiger partial charge in [0.25, 0.3) is 0 Å². The van der Waals surface area contributed by atoms with E-state index < -0.39 is 48.6 Å². The van der Waals surface area contributed by atoms with Gasteiger partial charge in [0.15, 0.2) is 6.04 Å². The molecule has 0 bridgehead atoms. The fourth-order valence-corrected chi connectivity index (χ4v) is 4.60. The number of hydrogen-bond donors (Lipinski definition) is 0. The second-order valence-corrected chi connectivity index (χ2v) is 7.13. The Morgan fingerprint density at radius 3 is 2.48 bits per heavy atom. The van der Waals surface area contributed by atoms with E-state index in [1.165, 1.54) is 0 Å². The normalized spacial score (nSPS) is 22.0. The molecule has 1 unspecified atom stereocenters. The summed E-state index contributed by atoms with van der Waals surface area (Å²) in [4.78, 5) is 21.0. The van der Waals surface area contributed by atoms with E-state index in [4.69, 9.17) is 0 Å². The first-order valence-corrected chi connectivity index (χ1v) is 7.58. The number of hydrogen-bond acceptors (Lipinski definition) is 6. The van der Waals surface area contributed by atoms with Crippen LogP contribution in [0.2, 0.25) is 0 Å². The Bertz CT molecular complexity index is 722. The van der Waals surface area contributed by atoms with Crippen molar-refractivity contribution >= 4 is 33.1 Å². The first-order chi connectivity index (χ1) is 9.51. The standard InChI is InChI=1S/C10H8F3NO5S2/c1-14-6(9(16)19-2)7(15)8-4(21(14,17)18)3-5(20-8)10(11,12)13/h3,6H,1-2H3. The summed E-state index contributed by atoms with van der Waals surface area (Å²) in [5.74, 6) is -2.19. The topological polar surface area (TPSA) is 80.8 Å². The van der Waals surface area contributed by atoms with Gasteiger partial charge in [-0.05, 0) is 6.07 Å². The van der Waals surface area contributed by atoms with Crippen molar-refractivity contribution in [3.63, 3.8) is 0 Å². The number of halogens is 3. The lowest BCUT2D eigenvalue weighted by atomic mass is 10.1. The minimum absolute atomic E-state index is 0.00180. The van der Waals surface area contributed by atoms with Gasteiger partial charge in [0.1, 0.15) is 9.77 Å². The average Bonchev–Trinajstić information content (AvgIpc) is 2.82. The van der Waals surface area contributed by atoms with Gasteiger partial charge >= 0.3 is 12.1 Å². The zero-order chi connectivity index (χ0) is 16.2. The number of nitrogens with zero attached hydrogens (tertiary/aromatic N) is 1. The minimum Gasteiger partial charge on any atom is -0.467 e. The number of methoxy groups -OCH3 is 1. The molecule has 0 N–H and O–H groups in total. The highest BCUT2D eigenvalue weighted by atomic mass is 32.2. The largest absolute Gasteiger partial charge is 0.467 e. The van der Waals surface area contributed by atoms with Crippen LogP contribution in [0.4, 0.5) is 13.2 Å². The first-order valence-electron chi connectivity index (χ1n) is 5.33. The number of carbonyl (C=O) groups excluding carboxylic acids is 2. The van der Waals surface area contributed by atoms with E-state index in [1.807, 2.05) is 0 Å². The second kappa shape index (κ2) is 4.78. The number of thiophene rings is 1. The number of Topliss-reactive ketones (excluding diaryl/α,β-unsaturated/α-hetero) is 1. The number of esters is 1. The summed E-state index contributed by atoms with van der Waals surface area (Å²) in [5.41, 5.74) is 0. The number of ether oxygens (including phenoxy) is 1. The number of alkyl halides is 3. The predicted octanol–water partition coefficient (Wildman–Crippen LogP) is 1.13. The molecule has 1 aliphatic rings. The van der Waals surface area contributed by atoms with Crippen LogP contribution in [-0.2, 0) is 25.7 Å². The minimum atomic E-state index is -4.78. The molecular formula is C10H8F3NO5S2. The molecule has 6 nitrogen and oxygen atoms in total. The second-order valence-electron chi connectivity index (χ2n) is 4.11. The summed E-state index contributed by atoms with van der Waals surface area (Å²) >= 11 is -0.00180. The van der Waals surface area contributed by atoms with Gasteiger partial charge in [0, 0.05) is 7.05 Å². The van der Waals surface area contributed by atoms with Gasteiger partial charge in [0.2, 0.25) is 15.8 Å².